The molecular weight excluding hydrogens is 444 g/mol. The van der Waals surface area contributed by atoms with Crippen molar-refractivity contribution in [3.63, 3.8) is 0 Å². The second-order valence-corrected chi connectivity index (χ2v) is 8.95. The molecule has 1 unspecified atom stereocenters. The smallest absolute Gasteiger partial charge is 0.267 e. The lowest BCUT2D eigenvalue weighted by Gasteiger charge is -2.37. The molecule has 4 heterocycles. The Morgan fingerprint density at radius 3 is 2.58 bits per heavy atom. The Bertz CT molecular complexity index is 1210. The highest BCUT2D eigenvalue weighted by molar-refractivity contribution is 7.99. The highest BCUT2D eigenvalue weighted by atomic mass is 32.2. The van der Waals surface area contributed by atoms with E-state index in [0.29, 0.717) is 48.6 Å². The second-order valence-electron chi connectivity index (χ2n) is 8.00. The maximum absolute atomic E-state index is 12.9. The molecule has 172 valence electrons. The fraction of sp³-hybridized carbons (Fsp3) is 0.409. The van der Waals surface area contributed by atoms with E-state index in [4.69, 9.17) is 9.47 Å². The molecule has 1 atom stereocenters. The number of carbonyl (C=O) groups excluding carboxylic acids is 2. The van der Waals surface area contributed by atoms with Crippen LogP contribution in [0.2, 0.25) is 0 Å². The van der Waals surface area contributed by atoms with Crippen molar-refractivity contribution in [3.05, 3.63) is 41.7 Å². The number of nitrogens with zero attached hydrogens (tertiary/aromatic N) is 6. The van der Waals surface area contributed by atoms with Crippen LogP contribution in [-0.4, -0.2) is 85.8 Å². The number of piperazine rings is 1. The minimum absolute atomic E-state index is 0.00186. The maximum Gasteiger partial charge on any atom is 0.267 e. The number of hydrogen-bond acceptors (Lipinski definition) is 8. The Morgan fingerprint density at radius 2 is 1.79 bits per heavy atom. The summed E-state index contributed by atoms with van der Waals surface area (Å²) in [4.78, 5) is 37.9. The molecule has 0 aliphatic carbocycles. The summed E-state index contributed by atoms with van der Waals surface area (Å²) in [5.41, 5.74) is 1.82. The van der Waals surface area contributed by atoms with Gasteiger partial charge in [-0.15, -0.1) is 5.10 Å². The highest BCUT2D eigenvalue weighted by Gasteiger charge is 2.33. The Morgan fingerprint density at radius 1 is 1.06 bits per heavy atom. The van der Waals surface area contributed by atoms with E-state index >= 15 is 0 Å². The summed E-state index contributed by atoms with van der Waals surface area (Å²) in [5, 5.41) is 4.95. The Hall–Kier alpha value is -3.34. The van der Waals surface area contributed by atoms with Crippen LogP contribution in [0.1, 0.15) is 11.4 Å². The summed E-state index contributed by atoms with van der Waals surface area (Å²) in [7, 11) is 0. The minimum Gasteiger partial charge on any atom is -0.485 e. The normalized spacial score (nSPS) is 17.9. The van der Waals surface area contributed by atoms with E-state index in [-0.39, 0.29) is 24.2 Å². The van der Waals surface area contributed by atoms with Gasteiger partial charge in [0.1, 0.15) is 6.61 Å². The number of ether oxygens (including phenoxy) is 2. The molecular formula is C22H24N6O4S. The van der Waals surface area contributed by atoms with Gasteiger partial charge in [0.05, 0.1) is 5.75 Å². The molecule has 10 nitrogen and oxygen atoms in total. The Balaban J connectivity index is 1.12. The molecule has 3 aromatic rings. The van der Waals surface area contributed by atoms with E-state index in [1.807, 2.05) is 38.1 Å². The number of benzene rings is 1. The molecule has 33 heavy (non-hydrogen) atoms. The number of carbonyl (C=O) groups is 2. The van der Waals surface area contributed by atoms with Crippen molar-refractivity contribution in [3.8, 4) is 11.5 Å². The van der Waals surface area contributed by atoms with Gasteiger partial charge in [-0.05, 0) is 32.0 Å². The van der Waals surface area contributed by atoms with Gasteiger partial charge in [0.15, 0.2) is 11.5 Å². The third kappa shape index (κ3) is 4.45. The molecule has 2 amide bonds. The van der Waals surface area contributed by atoms with Gasteiger partial charge in [-0.3, -0.25) is 9.59 Å². The molecule has 11 heteroatoms. The number of rotatable bonds is 4. The fourth-order valence-corrected chi connectivity index (χ4v) is 4.67. The van der Waals surface area contributed by atoms with Gasteiger partial charge in [-0.1, -0.05) is 23.9 Å². The van der Waals surface area contributed by atoms with Crippen LogP contribution in [0.15, 0.2) is 35.5 Å². The third-order valence-corrected chi connectivity index (χ3v) is 6.47. The molecule has 2 aromatic heterocycles. The van der Waals surface area contributed by atoms with E-state index in [0.717, 1.165) is 11.4 Å². The maximum atomic E-state index is 12.9. The summed E-state index contributed by atoms with van der Waals surface area (Å²) in [6, 6.07) is 9.25. The summed E-state index contributed by atoms with van der Waals surface area (Å²) >= 11 is 1.29. The lowest BCUT2D eigenvalue weighted by Crippen LogP contribution is -2.55. The van der Waals surface area contributed by atoms with Crippen LogP contribution in [0.3, 0.4) is 0 Å². The first kappa shape index (κ1) is 21.5. The third-order valence-electron chi connectivity index (χ3n) is 5.65. The van der Waals surface area contributed by atoms with Crippen molar-refractivity contribution in [1.29, 1.82) is 0 Å². The van der Waals surface area contributed by atoms with Crippen LogP contribution in [0, 0.1) is 13.8 Å². The van der Waals surface area contributed by atoms with Crippen LogP contribution in [0.5, 0.6) is 11.5 Å². The monoisotopic (exact) mass is 468 g/mol. The SMILES string of the molecule is Cc1cc(C)n2nc(SCC(=O)N3CCN(C(=O)C4COc5ccccc5O4)CC3)nc2n1. The lowest BCUT2D eigenvalue weighted by atomic mass is 10.2. The minimum atomic E-state index is -0.667. The van der Waals surface area contributed by atoms with E-state index in [2.05, 4.69) is 15.1 Å². The first-order valence-corrected chi connectivity index (χ1v) is 11.8. The van der Waals surface area contributed by atoms with Gasteiger partial charge in [-0.25, -0.2) is 9.50 Å². The molecule has 0 N–H and O–H groups in total. The Kier molecular flexibility index (Phi) is 5.79. The number of fused-ring (bicyclic) bond motifs is 2. The summed E-state index contributed by atoms with van der Waals surface area (Å²) < 4.78 is 13.2. The molecule has 1 fully saturated rings. The summed E-state index contributed by atoms with van der Waals surface area (Å²) in [5.74, 6) is 1.88. The van der Waals surface area contributed by atoms with Crippen molar-refractivity contribution in [2.45, 2.75) is 25.1 Å². The molecule has 1 aromatic carbocycles. The van der Waals surface area contributed by atoms with E-state index < -0.39 is 6.10 Å². The van der Waals surface area contributed by atoms with Crippen molar-refractivity contribution >= 4 is 29.4 Å². The average molecular weight is 469 g/mol. The largest absolute Gasteiger partial charge is 0.485 e. The van der Waals surface area contributed by atoms with Crippen LogP contribution < -0.4 is 9.47 Å². The fourth-order valence-electron chi connectivity index (χ4n) is 3.95. The first-order valence-electron chi connectivity index (χ1n) is 10.8. The number of aromatic nitrogens is 4. The summed E-state index contributed by atoms with van der Waals surface area (Å²) in [6.45, 7) is 5.93. The van der Waals surface area contributed by atoms with Gasteiger partial charge in [0.2, 0.25) is 17.2 Å². The summed E-state index contributed by atoms with van der Waals surface area (Å²) in [6.07, 6.45) is -0.667. The average Bonchev–Trinajstić information content (AvgIpc) is 3.25. The van der Waals surface area contributed by atoms with Crippen molar-refractivity contribution < 1.29 is 19.1 Å². The number of hydrogen-bond donors (Lipinski definition) is 0. The predicted octanol–water partition coefficient (Wildman–Crippen LogP) is 1.34. The topological polar surface area (TPSA) is 102 Å². The molecule has 2 aliphatic heterocycles. The molecule has 0 bridgehead atoms. The number of aryl methyl sites for hydroxylation is 2. The second kappa shape index (κ2) is 8.89. The van der Waals surface area contributed by atoms with E-state index in [1.54, 1.807) is 20.4 Å². The lowest BCUT2D eigenvalue weighted by molar-refractivity contribution is -0.145. The molecule has 0 radical (unpaired) electrons. The zero-order valence-electron chi connectivity index (χ0n) is 18.4. The van der Waals surface area contributed by atoms with E-state index in [9.17, 15) is 9.59 Å². The van der Waals surface area contributed by atoms with Crippen LogP contribution in [0.25, 0.3) is 5.78 Å². The number of amides is 2. The van der Waals surface area contributed by atoms with Crippen LogP contribution in [-0.2, 0) is 9.59 Å². The standard InChI is InChI=1S/C22H24N6O4S/c1-14-11-15(2)28-21(23-14)24-22(25-28)33-13-19(29)26-7-9-27(10-8-26)20(30)18-12-31-16-5-3-4-6-17(16)32-18/h3-6,11,18H,7-10,12-13H2,1-2H3. The zero-order chi connectivity index (χ0) is 22.9. The van der Waals surface area contributed by atoms with E-state index in [1.165, 1.54) is 11.8 Å². The molecule has 5 rings (SSSR count). The zero-order valence-corrected chi connectivity index (χ0v) is 19.2. The van der Waals surface area contributed by atoms with Crippen molar-refractivity contribution in [2.24, 2.45) is 0 Å². The van der Waals surface area contributed by atoms with Gasteiger partial charge < -0.3 is 19.3 Å². The van der Waals surface area contributed by atoms with Gasteiger partial charge >= 0.3 is 0 Å². The van der Waals surface area contributed by atoms with Crippen LogP contribution in [0.4, 0.5) is 0 Å². The molecule has 0 saturated carbocycles. The van der Waals surface area contributed by atoms with Gasteiger partial charge in [-0.2, -0.15) is 4.98 Å². The highest BCUT2D eigenvalue weighted by Crippen LogP contribution is 2.31. The molecule has 2 aliphatic rings. The van der Waals surface area contributed by atoms with Crippen molar-refractivity contribution in [2.75, 3.05) is 38.5 Å². The van der Waals surface area contributed by atoms with Crippen molar-refractivity contribution in [1.82, 2.24) is 29.4 Å². The predicted molar refractivity (Wildman–Crippen MR) is 120 cm³/mol. The van der Waals surface area contributed by atoms with Gasteiger partial charge in [0, 0.05) is 37.6 Å². The first-order chi connectivity index (χ1) is 16.0. The quantitative estimate of drug-likeness (QED) is 0.529. The number of para-hydroxylation sites is 2. The molecule has 0 spiro atoms. The molecule has 1 saturated heterocycles. The van der Waals surface area contributed by atoms with Gasteiger partial charge in [0.25, 0.3) is 11.7 Å². The Labute approximate surface area is 194 Å². The van der Waals surface area contributed by atoms with Crippen LogP contribution >= 0.6 is 11.8 Å². The number of thioether (sulfide) groups is 1.